The summed E-state index contributed by atoms with van der Waals surface area (Å²) in [6.07, 6.45) is 3.07. The van der Waals surface area contributed by atoms with Gasteiger partial charge in [0.1, 0.15) is 0 Å². The van der Waals surface area contributed by atoms with Crippen molar-refractivity contribution in [3.05, 3.63) is 76.5 Å². The highest BCUT2D eigenvalue weighted by atomic mass is 19.2. The molecule has 0 saturated heterocycles. The van der Waals surface area contributed by atoms with Crippen LogP contribution in [0.1, 0.15) is 40.9 Å². The Morgan fingerprint density at radius 2 is 1.46 bits per heavy atom. The van der Waals surface area contributed by atoms with E-state index in [-0.39, 0.29) is 5.76 Å². The third kappa shape index (κ3) is 4.78. The second-order valence-corrected chi connectivity index (χ2v) is 5.36. The molecule has 0 spiro atoms. The summed E-state index contributed by atoms with van der Waals surface area (Å²) in [5, 5.41) is 0. The average Bonchev–Trinajstić information content (AvgIpc) is 2.61. The van der Waals surface area contributed by atoms with E-state index in [9.17, 15) is 13.4 Å². The van der Waals surface area contributed by atoms with Gasteiger partial charge in [-0.15, -0.1) is 0 Å². The summed E-state index contributed by atoms with van der Waals surface area (Å²) in [5.41, 5.74) is 3.16. The van der Waals surface area contributed by atoms with Crippen molar-refractivity contribution in [1.29, 1.82) is 0 Å². The van der Waals surface area contributed by atoms with Crippen LogP contribution in [0.3, 0.4) is 0 Å². The van der Waals surface area contributed by atoms with Gasteiger partial charge >= 0.3 is 7.47 Å². The molecular formula is C19H19BF2O2. The molecule has 0 atom stereocenters. The van der Waals surface area contributed by atoms with Gasteiger partial charge in [0, 0.05) is 5.56 Å². The summed E-state index contributed by atoms with van der Waals surface area (Å²) in [7, 11) is -3.05. The fourth-order valence-electron chi connectivity index (χ4n) is 2.28. The molecule has 0 aliphatic heterocycles. The molecule has 2 rings (SSSR count). The van der Waals surface area contributed by atoms with Crippen molar-refractivity contribution in [3.63, 3.8) is 0 Å². The summed E-state index contributed by atoms with van der Waals surface area (Å²) in [6.45, 7) is 4.03. The van der Waals surface area contributed by atoms with E-state index in [0.29, 0.717) is 11.1 Å². The van der Waals surface area contributed by atoms with Crippen LogP contribution in [0.5, 0.6) is 0 Å². The van der Waals surface area contributed by atoms with E-state index < -0.39 is 13.3 Å². The first-order valence-electron chi connectivity index (χ1n) is 7.92. The molecule has 0 aromatic heterocycles. The van der Waals surface area contributed by atoms with E-state index in [1.54, 1.807) is 24.3 Å². The third-order valence-electron chi connectivity index (χ3n) is 3.75. The molecule has 0 saturated carbocycles. The minimum absolute atomic E-state index is 0.323. The van der Waals surface area contributed by atoms with E-state index in [4.69, 9.17) is 0 Å². The number of hydrogen-bond donors (Lipinski definition) is 0. The van der Waals surface area contributed by atoms with E-state index in [1.807, 2.05) is 38.1 Å². The Labute approximate surface area is 141 Å². The number of allylic oxidation sites excluding steroid dienone is 1. The molecule has 0 unspecified atom stereocenters. The molecule has 0 heterocycles. The van der Waals surface area contributed by atoms with Crippen LogP contribution in [-0.2, 0) is 17.5 Å². The molecule has 24 heavy (non-hydrogen) atoms. The maximum atomic E-state index is 12.7. The van der Waals surface area contributed by atoms with Crippen LogP contribution < -0.4 is 0 Å². The molecule has 2 nitrogen and oxygen atoms in total. The molecule has 2 aromatic rings. The van der Waals surface area contributed by atoms with Gasteiger partial charge in [-0.1, -0.05) is 62.4 Å². The van der Waals surface area contributed by atoms with Gasteiger partial charge in [0.25, 0.3) is 0 Å². The number of Topliss-reactive ketones (excluding diaryl/α,β-unsaturated/α-hetero) is 1. The molecule has 0 N–H and O–H groups in total. The first-order valence-corrected chi connectivity index (χ1v) is 7.92. The molecular weight excluding hydrogens is 309 g/mol. The lowest BCUT2D eigenvalue weighted by Crippen LogP contribution is -2.13. The van der Waals surface area contributed by atoms with E-state index in [2.05, 4.69) is 4.65 Å². The summed E-state index contributed by atoms with van der Waals surface area (Å²) in [6, 6.07) is 14.2. The van der Waals surface area contributed by atoms with Crippen LogP contribution in [0.2, 0.25) is 0 Å². The normalized spacial score (nSPS) is 11.2. The van der Waals surface area contributed by atoms with E-state index >= 15 is 0 Å². The Balaban J connectivity index is 2.31. The van der Waals surface area contributed by atoms with Gasteiger partial charge in [0.05, 0.1) is 0 Å². The zero-order valence-corrected chi connectivity index (χ0v) is 13.8. The molecule has 5 heteroatoms. The maximum absolute atomic E-state index is 12.7. The van der Waals surface area contributed by atoms with Crippen molar-refractivity contribution >= 4 is 19.3 Å². The fraction of sp³-hybridized carbons (Fsp3) is 0.211. The number of halogens is 2. The summed E-state index contributed by atoms with van der Waals surface area (Å²) in [4.78, 5) is 12.5. The number of benzene rings is 2. The fourth-order valence-corrected chi connectivity index (χ4v) is 2.28. The Kier molecular flexibility index (Phi) is 6.30. The van der Waals surface area contributed by atoms with Crippen LogP contribution in [-0.4, -0.2) is 13.3 Å². The minimum atomic E-state index is -3.05. The Bertz CT molecular complexity index is 707. The molecule has 124 valence electrons. The minimum Gasteiger partial charge on any atom is -0.502 e. The second kappa shape index (κ2) is 8.43. The van der Waals surface area contributed by atoms with Crippen molar-refractivity contribution in [3.8, 4) is 0 Å². The Morgan fingerprint density at radius 3 is 1.92 bits per heavy atom. The first-order chi connectivity index (χ1) is 11.5. The van der Waals surface area contributed by atoms with Gasteiger partial charge in [-0.2, -0.15) is 0 Å². The van der Waals surface area contributed by atoms with Crippen molar-refractivity contribution in [2.75, 3.05) is 0 Å². The van der Waals surface area contributed by atoms with Crippen molar-refractivity contribution in [2.24, 2.45) is 0 Å². The first kappa shape index (κ1) is 17.9. The van der Waals surface area contributed by atoms with Gasteiger partial charge in [0.15, 0.2) is 5.76 Å². The Hall–Kier alpha value is -2.43. The van der Waals surface area contributed by atoms with Gasteiger partial charge < -0.3 is 4.65 Å². The lowest BCUT2D eigenvalue weighted by Gasteiger charge is -2.09. The van der Waals surface area contributed by atoms with Crippen molar-refractivity contribution < 1.29 is 18.1 Å². The smallest absolute Gasteiger partial charge is 0.502 e. The monoisotopic (exact) mass is 328 g/mol. The van der Waals surface area contributed by atoms with Crippen molar-refractivity contribution in [1.82, 2.24) is 0 Å². The number of hydrogen-bond acceptors (Lipinski definition) is 2. The number of carbonyl (C=O) groups is 1. The standard InChI is InChI=1S/C19H19BF2O2/c1-3-14-5-7-16(8-6-14)13-18(24-20(21)22)19(23)17-11-9-15(4-2)10-12-17/h5-13H,3-4H2,1-2H3/b18-13+. The molecule has 2 aromatic carbocycles. The average molecular weight is 328 g/mol. The zero-order valence-electron chi connectivity index (χ0n) is 13.8. The highest BCUT2D eigenvalue weighted by Crippen LogP contribution is 2.17. The molecule has 0 fully saturated rings. The lowest BCUT2D eigenvalue weighted by atomic mass is 10.0. The van der Waals surface area contributed by atoms with Crippen LogP contribution in [0.25, 0.3) is 6.08 Å². The molecule has 0 aliphatic rings. The number of aryl methyl sites for hydroxylation is 2. The molecule has 0 amide bonds. The largest absolute Gasteiger partial charge is 0.796 e. The van der Waals surface area contributed by atoms with Crippen LogP contribution in [0, 0.1) is 0 Å². The van der Waals surface area contributed by atoms with Gasteiger partial charge in [-0.25, -0.2) is 8.63 Å². The zero-order chi connectivity index (χ0) is 17.5. The molecule has 0 radical (unpaired) electrons. The van der Waals surface area contributed by atoms with E-state index in [1.165, 1.54) is 6.08 Å². The number of ketones is 1. The summed E-state index contributed by atoms with van der Waals surface area (Å²) >= 11 is 0. The van der Waals surface area contributed by atoms with E-state index in [0.717, 1.165) is 24.0 Å². The highest BCUT2D eigenvalue weighted by Gasteiger charge is 2.24. The van der Waals surface area contributed by atoms with Gasteiger partial charge in [-0.05, 0) is 35.6 Å². The lowest BCUT2D eigenvalue weighted by molar-refractivity contribution is 0.0978. The van der Waals surface area contributed by atoms with Crippen LogP contribution in [0.4, 0.5) is 8.63 Å². The topological polar surface area (TPSA) is 26.3 Å². The van der Waals surface area contributed by atoms with Crippen molar-refractivity contribution in [2.45, 2.75) is 26.7 Å². The predicted molar refractivity (Wildman–Crippen MR) is 93.0 cm³/mol. The Morgan fingerprint density at radius 1 is 0.958 bits per heavy atom. The van der Waals surface area contributed by atoms with Crippen LogP contribution >= 0.6 is 0 Å². The SMILES string of the molecule is CCc1ccc(/C=C(/OB(F)F)C(=O)c2ccc(CC)cc2)cc1. The maximum Gasteiger partial charge on any atom is 0.796 e. The number of carbonyl (C=O) groups excluding carboxylic acids is 1. The summed E-state index contributed by atoms with van der Waals surface area (Å²) < 4.78 is 29.8. The molecule has 0 bridgehead atoms. The molecule has 0 aliphatic carbocycles. The van der Waals surface area contributed by atoms with Crippen LogP contribution in [0.15, 0.2) is 54.3 Å². The second-order valence-electron chi connectivity index (χ2n) is 5.36. The van der Waals surface area contributed by atoms with Gasteiger partial charge in [-0.3, -0.25) is 4.79 Å². The predicted octanol–water partition coefficient (Wildman–Crippen LogP) is 4.98. The third-order valence-corrected chi connectivity index (χ3v) is 3.75. The highest BCUT2D eigenvalue weighted by molar-refractivity contribution is 6.36. The van der Waals surface area contributed by atoms with Gasteiger partial charge in [0.2, 0.25) is 5.78 Å². The quantitative estimate of drug-likeness (QED) is 0.310. The number of rotatable bonds is 7. The summed E-state index contributed by atoms with van der Waals surface area (Å²) in [5.74, 6) is -0.920.